The fraction of sp³-hybridized carbons (Fsp3) is 0.294. The predicted molar refractivity (Wildman–Crippen MR) is 88.6 cm³/mol. The van der Waals surface area contributed by atoms with Crippen molar-refractivity contribution in [1.82, 2.24) is 4.98 Å². The highest BCUT2D eigenvalue weighted by atomic mass is 16.5. The van der Waals surface area contributed by atoms with Gasteiger partial charge in [-0.25, -0.2) is 4.98 Å². The Kier molecular flexibility index (Phi) is 5.77. The normalized spacial score (nSPS) is 10.1. The third-order valence-electron chi connectivity index (χ3n) is 3.22. The van der Waals surface area contributed by atoms with Crippen LogP contribution in [0.2, 0.25) is 0 Å². The first-order chi connectivity index (χ1) is 10.7. The number of carbonyl (C=O) groups excluding carboxylic acids is 1. The number of aromatic nitrogens is 1. The number of para-hydroxylation sites is 2. The predicted octanol–water partition coefficient (Wildman–Crippen LogP) is 3.55. The van der Waals surface area contributed by atoms with E-state index in [4.69, 9.17) is 4.74 Å². The second kappa shape index (κ2) is 8.02. The monoisotopic (exact) mass is 299 g/mol. The Hall–Kier alpha value is -2.56. The Balaban J connectivity index is 2.00. The number of ether oxygens (including phenoxy) is 1. The molecule has 2 rings (SSSR count). The van der Waals surface area contributed by atoms with Crippen molar-refractivity contribution in [2.75, 3.05) is 24.3 Å². The zero-order valence-corrected chi connectivity index (χ0v) is 12.9. The van der Waals surface area contributed by atoms with Gasteiger partial charge in [0, 0.05) is 12.7 Å². The van der Waals surface area contributed by atoms with Crippen LogP contribution in [-0.2, 0) is 0 Å². The van der Waals surface area contributed by atoms with Crippen molar-refractivity contribution in [3.63, 3.8) is 0 Å². The number of pyridine rings is 1. The van der Waals surface area contributed by atoms with Crippen molar-refractivity contribution in [2.45, 2.75) is 19.8 Å². The molecule has 1 heterocycles. The second-order valence-electron chi connectivity index (χ2n) is 4.87. The van der Waals surface area contributed by atoms with Crippen LogP contribution in [0.25, 0.3) is 0 Å². The van der Waals surface area contributed by atoms with Gasteiger partial charge in [0.25, 0.3) is 5.91 Å². The van der Waals surface area contributed by atoms with E-state index in [0.29, 0.717) is 17.0 Å². The molecule has 2 N–H and O–H groups in total. The summed E-state index contributed by atoms with van der Waals surface area (Å²) < 4.78 is 5.22. The molecule has 0 aliphatic rings. The molecule has 0 bridgehead atoms. The van der Waals surface area contributed by atoms with E-state index in [9.17, 15) is 4.79 Å². The van der Waals surface area contributed by atoms with Gasteiger partial charge < -0.3 is 15.4 Å². The van der Waals surface area contributed by atoms with Gasteiger partial charge in [0.05, 0.1) is 18.4 Å². The molecule has 0 atom stereocenters. The molecule has 0 spiro atoms. The number of amides is 1. The first-order valence-electron chi connectivity index (χ1n) is 7.39. The quantitative estimate of drug-likeness (QED) is 0.767. The molecule has 1 aromatic carbocycles. The van der Waals surface area contributed by atoms with Crippen molar-refractivity contribution in [3.8, 4) is 5.75 Å². The van der Waals surface area contributed by atoms with Crippen molar-refractivity contribution in [1.29, 1.82) is 0 Å². The molecule has 0 aliphatic heterocycles. The van der Waals surface area contributed by atoms with Crippen LogP contribution in [0.3, 0.4) is 0 Å². The van der Waals surface area contributed by atoms with Crippen LogP contribution in [0.15, 0.2) is 42.6 Å². The van der Waals surface area contributed by atoms with Gasteiger partial charge in [-0.1, -0.05) is 25.5 Å². The van der Waals surface area contributed by atoms with Gasteiger partial charge in [-0.15, -0.1) is 0 Å². The van der Waals surface area contributed by atoms with E-state index in [1.807, 2.05) is 18.2 Å². The third-order valence-corrected chi connectivity index (χ3v) is 3.22. The van der Waals surface area contributed by atoms with Crippen molar-refractivity contribution < 1.29 is 9.53 Å². The van der Waals surface area contributed by atoms with Crippen LogP contribution in [0, 0.1) is 0 Å². The van der Waals surface area contributed by atoms with Crippen molar-refractivity contribution in [2.24, 2.45) is 0 Å². The number of nitrogens with one attached hydrogen (secondary N) is 2. The fourth-order valence-electron chi connectivity index (χ4n) is 1.97. The van der Waals surface area contributed by atoms with E-state index in [1.165, 1.54) is 0 Å². The highest BCUT2D eigenvalue weighted by molar-refractivity contribution is 6.04. The minimum absolute atomic E-state index is 0.211. The van der Waals surface area contributed by atoms with Crippen molar-refractivity contribution >= 4 is 17.4 Å². The minimum Gasteiger partial charge on any atom is -0.495 e. The van der Waals surface area contributed by atoms with Gasteiger partial charge in [0.15, 0.2) is 0 Å². The van der Waals surface area contributed by atoms with Crippen LogP contribution >= 0.6 is 0 Å². The lowest BCUT2D eigenvalue weighted by Crippen LogP contribution is -2.13. The molecule has 1 aromatic heterocycles. The molecule has 0 radical (unpaired) electrons. The summed E-state index contributed by atoms with van der Waals surface area (Å²) in [6.07, 6.45) is 3.79. The smallest absolute Gasteiger partial charge is 0.257 e. The number of benzene rings is 1. The van der Waals surface area contributed by atoms with Crippen LogP contribution in [0.4, 0.5) is 11.5 Å². The summed E-state index contributed by atoms with van der Waals surface area (Å²) in [4.78, 5) is 16.5. The zero-order chi connectivity index (χ0) is 15.8. The summed E-state index contributed by atoms with van der Waals surface area (Å²) in [5.74, 6) is 1.20. The lowest BCUT2D eigenvalue weighted by molar-refractivity contribution is 0.102. The van der Waals surface area contributed by atoms with E-state index >= 15 is 0 Å². The zero-order valence-electron chi connectivity index (χ0n) is 12.9. The maximum absolute atomic E-state index is 12.2. The Morgan fingerprint density at radius 2 is 2.05 bits per heavy atom. The Morgan fingerprint density at radius 3 is 2.73 bits per heavy atom. The van der Waals surface area contributed by atoms with Gasteiger partial charge in [-0.3, -0.25) is 4.79 Å². The second-order valence-corrected chi connectivity index (χ2v) is 4.87. The highest BCUT2D eigenvalue weighted by Gasteiger charge is 2.09. The molecule has 116 valence electrons. The SMILES string of the molecule is CCCCNc1ccc(C(=O)Nc2ccccc2OC)cn1. The lowest BCUT2D eigenvalue weighted by atomic mass is 10.2. The van der Waals surface area contributed by atoms with E-state index in [1.54, 1.807) is 31.5 Å². The maximum Gasteiger partial charge on any atom is 0.257 e. The first-order valence-corrected chi connectivity index (χ1v) is 7.39. The number of anilines is 2. The van der Waals surface area contributed by atoms with E-state index in [0.717, 1.165) is 25.2 Å². The summed E-state index contributed by atoms with van der Waals surface area (Å²) in [6.45, 7) is 3.02. The molecule has 1 amide bonds. The molecule has 0 aliphatic carbocycles. The van der Waals surface area contributed by atoms with Gasteiger partial charge in [0.1, 0.15) is 11.6 Å². The van der Waals surface area contributed by atoms with Crippen molar-refractivity contribution in [3.05, 3.63) is 48.2 Å². The summed E-state index contributed by atoms with van der Waals surface area (Å²) in [6, 6.07) is 10.9. The fourth-order valence-corrected chi connectivity index (χ4v) is 1.97. The Labute approximate surface area is 130 Å². The molecular weight excluding hydrogens is 278 g/mol. The molecule has 0 unspecified atom stereocenters. The van der Waals surface area contributed by atoms with Crippen LogP contribution in [-0.4, -0.2) is 24.5 Å². The Morgan fingerprint density at radius 1 is 1.23 bits per heavy atom. The summed E-state index contributed by atoms with van der Waals surface area (Å²) in [5.41, 5.74) is 1.15. The van der Waals surface area contributed by atoms with E-state index in [-0.39, 0.29) is 5.91 Å². The maximum atomic E-state index is 12.2. The number of hydrogen-bond donors (Lipinski definition) is 2. The topological polar surface area (TPSA) is 63.2 Å². The standard InChI is InChI=1S/C17H21N3O2/c1-3-4-11-18-16-10-9-13(12-19-16)17(21)20-14-7-5-6-8-15(14)22-2/h5-10,12H,3-4,11H2,1-2H3,(H,18,19)(H,20,21). The molecule has 0 saturated heterocycles. The Bertz CT molecular complexity index is 612. The molecule has 22 heavy (non-hydrogen) atoms. The van der Waals surface area contributed by atoms with Crippen LogP contribution in [0.1, 0.15) is 30.1 Å². The molecule has 0 fully saturated rings. The number of unbranched alkanes of at least 4 members (excludes halogenated alkanes) is 1. The average Bonchev–Trinajstić information content (AvgIpc) is 2.56. The van der Waals surface area contributed by atoms with Gasteiger partial charge in [-0.05, 0) is 30.7 Å². The molecule has 2 aromatic rings. The number of nitrogens with zero attached hydrogens (tertiary/aromatic N) is 1. The minimum atomic E-state index is -0.211. The first kappa shape index (κ1) is 15.8. The number of methoxy groups -OCH3 is 1. The number of hydrogen-bond acceptors (Lipinski definition) is 4. The molecular formula is C17H21N3O2. The molecule has 5 heteroatoms. The van der Waals surface area contributed by atoms with E-state index in [2.05, 4.69) is 22.5 Å². The van der Waals surface area contributed by atoms with Gasteiger partial charge >= 0.3 is 0 Å². The summed E-state index contributed by atoms with van der Waals surface area (Å²) in [5, 5.41) is 6.04. The lowest BCUT2D eigenvalue weighted by Gasteiger charge is -2.10. The van der Waals surface area contributed by atoms with Crippen LogP contribution in [0.5, 0.6) is 5.75 Å². The largest absolute Gasteiger partial charge is 0.495 e. The highest BCUT2D eigenvalue weighted by Crippen LogP contribution is 2.23. The molecule has 5 nitrogen and oxygen atoms in total. The summed E-state index contributed by atoms with van der Waals surface area (Å²) >= 11 is 0. The average molecular weight is 299 g/mol. The van der Waals surface area contributed by atoms with Gasteiger partial charge in [0.2, 0.25) is 0 Å². The summed E-state index contributed by atoms with van der Waals surface area (Å²) in [7, 11) is 1.57. The third kappa shape index (κ3) is 4.22. The van der Waals surface area contributed by atoms with E-state index < -0.39 is 0 Å². The van der Waals surface area contributed by atoms with Crippen LogP contribution < -0.4 is 15.4 Å². The molecule has 0 saturated carbocycles. The number of carbonyl (C=O) groups is 1. The number of rotatable bonds is 7. The van der Waals surface area contributed by atoms with Gasteiger partial charge in [-0.2, -0.15) is 0 Å².